The third kappa shape index (κ3) is 2.18. The van der Waals surface area contributed by atoms with Crippen LogP contribution in [-0.4, -0.2) is 15.6 Å². The summed E-state index contributed by atoms with van der Waals surface area (Å²) in [7, 11) is 0. The second kappa shape index (κ2) is 4.94. The van der Waals surface area contributed by atoms with Gasteiger partial charge in [-0.25, -0.2) is 4.68 Å². The molecule has 0 aliphatic carbocycles. The molecule has 0 spiro atoms. The van der Waals surface area contributed by atoms with E-state index in [1.807, 2.05) is 45.0 Å². The van der Waals surface area contributed by atoms with E-state index in [1.165, 1.54) is 0 Å². The number of halogens is 1. The number of Topliss-reactive ketones (excluding diaryl/α,β-unsaturated/α-hetero) is 1. The van der Waals surface area contributed by atoms with Gasteiger partial charge in [0, 0.05) is 12.0 Å². The summed E-state index contributed by atoms with van der Waals surface area (Å²) in [4.78, 5) is 11.5. The molecule has 0 aliphatic heterocycles. The minimum Gasteiger partial charge on any atom is -0.294 e. The Morgan fingerprint density at radius 3 is 2.33 bits per heavy atom. The molecule has 0 bridgehead atoms. The Balaban J connectivity index is 2.40. The first kappa shape index (κ1) is 12.8. The van der Waals surface area contributed by atoms with Gasteiger partial charge in [-0.2, -0.15) is 5.10 Å². The van der Waals surface area contributed by atoms with Gasteiger partial charge in [0.1, 0.15) is 0 Å². The highest BCUT2D eigenvalue weighted by atomic mass is 35.5. The second-order valence-electron chi connectivity index (χ2n) is 4.22. The van der Waals surface area contributed by atoms with Crippen molar-refractivity contribution in [3.05, 3.63) is 46.2 Å². The van der Waals surface area contributed by atoms with E-state index in [2.05, 4.69) is 5.10 Å². The van der Waals surface area contributed by atoms with Gasteiger partial charge < -0.3 is 0 Å². The zero-order chi connectivity index (χ0) is 13.3. The molecule has 4 heteroatoms. The van der Waals surface area contributed by atoms with Gasteiger partial charge in [0.2, 0.25) is 0 Å². The number of ketones is 1. The van der Waals surface area contributed by atoms with E-state index < -0.39 is 0 Å². The number of hydrogen-bond acceptors (Lipinski definition) is 2. The molecule has 0 unspecified atom stereocenters. The van der Waals surface area contributed by atoms with Crippen LogP contribution in [0.1, 0.15) is 35.1 Å². The number of benzene rings is 1. The van der Waals surface area contributed by atoms with Crippen LogP contribution in [0.4, 0.5) is 0 Å². The third-order valence-corrected chi connectivity index (χ3v) is 3.50. The highest BCUT2D eigenvalue weighted by Crippen LogP contribution is 2.22. The van der Waals surface area contributed by atoms with Crippen molar-refractivity contribution in [2.24, 2.45) is 0 Å². The zero-order valence-electron chi connectivity index (χ0n) is 10.7. The average molecular weight is 263 g/mol. The number of aromatic nitrogens is 2. The molecule has 2 rings (SSSR count). The molecule has 94 valence electrons. The SMILES string of the molecule is CCC(=O)c1ccc(-n2nc(C)c(Cl)c2C)cc1. The molecule has 0 amide bonds. The summed E-state index contributed by atoms with van der Waals surface area (Å²) >= 11 is 6.11. The summed E-state index contributed by atoms with van der Waals surface area (Å²) in [5.41, 5.74) is 3.36. The van der Waals surface area contributed by atoms with E-state index in [0.717, 1.165) is 22.6 Å². The molecule has 0 fully saturated rings. The molecule has 0 N–H and O–H groups in total. The normalized spacial score (nSPS) is 10.7. The summed E-state index contributed by atoms with van der Waals surface area (Å²) in [5.74, 6) is 0.146. The predicted octanol–water partition coefficient (Wildman–Crippen LogP) is 3.74. The molecule has 0 aliphatic rings. The molecule has 3 nitrogen and oxygen atoms in total. The number of nitrogens with zero attached hydrogens (tertiary/aromatic N) is 2. The second-order valence-corrected chi connectivity index (χ2v) is 4.60. The lowest BCUT2D eigenvalue weighted by Crippen LogP contribution is -2.01. The van der Waals surface area contributed by atoms with Gasteiger partial charge in [-0.05, 0) is 38.1 Å². The van der Waals surface area contributed by atoms with E-state index in [0.29, 0.717) is 11.4 Å². The van der Waals surface area contributed by atoms with Crippen LogP contribution >= 0.6 is 11.6 Å². The van der Waals surface area contributed by atoms with Gasteiger partial charge in [0.25, 0.3) is 0 Å². The number of carbonyl (C=O) groups is 1. The highest BCUT2D eigenvalue weighted by molar-refractivity contribution is 6.31. The molecule has 0 atom stereocenters. The van der Waals surface area contributed by atoms with Gasteiger partial charge in [0.15, 0.2) is 5.78 Å². The van der Waals surface area contributed by atoms with Crippen molar-refractivity contribution in [3.8, 4) is 5.69 Å². The molecular weight excluding hydrogens is 248 g/mol. The van der Waals surface area contributed by atoms with Gasteiger partial charge in [0.05, 0.1) is 22.1 Å². The first-order valence-electron chi connectivity index (χ1n) is 5.90. The first-order chi connectivity index (χ1) is 8.54. The quantitative estimate of drug-likeness (QED) is 0.790. The average Bonchev–Trinajstić information content (AvgIpc) is 2.66. The third-order valence-electron chi connectivity index (χ3n) is 2.96. The van der Waals surface area contributed by atoms with Crippen molar-refractivity contribution in [1.82, 2.24) is 9.78 Å². The highest BCUT2D eigenvalue weighted by Gasteiger charge is 2.11. The lowest BCUT2D eigenvalue weighted by Gasteiger charge is -2.05. The molecule has 0 saturated heterocycles. The number of aryl methyl sites for hydroxylation is 1. The van der Waals surface area contributed by atoms with Crippen LogP contribution < -0.4 is 0 Å². The van der Waals surface area contributed by atoms with Gasteiger partial charge in [-0.15, -0.1) is 0 Å². The largest absolute Gasteiger partial charge is 0.294 e. The summed E-state index contributed by atoms with van der Waals surface area (Å²) < 4.78 is 1.79. The minimum atomic E-state index is 0.146. The molecule has 0 radical (unpaired) electrons. The van der Waals surface area contributed by atoms with Crippen molar-refractivity contribution >= 4 is 17.4 Å². The molecule has 0 saturated carbocycles. The number of rotatable bonds is 3. The van der Waals surface area contributed by atoms with Crippen LogP contribution in [0.2, 0.25) is 5.02 Å². The predicted molar refractivity (Wildman–Crippen MR) is 72.7 cm³/mol. The van der Waals surface area contributed by atoms with Crippen molar-refractivity contribution in [1.29, 1.82) is 0 Å². The Hall–Kier alpha value is -1.61. The molecular formula is C14H15ClN2O. The van der Waals surface area contributed by atoms with Crippen LogP contribution in [0.15, 0.2) is 24.3 Å². The minimum absolute atomic E-state index is 0.146. The summed E-state index contributed by atoms with van der Waals surface area (Å²) in [6.07, 6.45) is 0.519. The van der Waals surface area contributed by atoms with Gasteiger partial charge in [-0.3, -0.25) is 4.79 Å². The lowest BCUT2D eigenvalue weighted by molar-refractivity contribution is 0.0988. The monoisotopic (exact) mass is 262 g/mol. The van der Waals surface area contributed by atoms with E-state index in [1.54, 1.807) is 4.68 Å². The maximum atomic E-state index is 11.5. The van der Waals surface area contributed by atoms with Crippen molar-refractivity contribution in [2.75, 3.05) is 0 Å². The van der Waals surface area contributed by atoms with Crippen LogP contribution in [-0.2, 0) is 0 Å². The Morgan fingerprint density at radius 2 is 1.89 bits per heavy atom. The molecule has 2 aromatic rings. The van der Waals surface area contributed by atoms with Crippen LogP contribution in [0, 0.1) is 13.8 Å². The Kier molecular flexibility index (Phi) is 3.53. The Morgan fingerprint density at radius 1 is 1.28 bits per heavy atom. The number of hydrogen-bond donors (Lipinski definition) is 0. The van der Waals surface area contributed by atoms with E-state index >= 15 is 0 Å². The summed E-state index contributed by atoms with van der Waals surface area (Å²) in [6, 6.07) is 7.42. The lowest BCUT2D eigenvalue weighted by atomic mass is 10.1. The molecule has 1 aromatic carbocycles. The summed E-state index contributed by atoms with van der Waals surface area (Å²) in [5, 5.41) is 5.06. The fraction of sp³-hybridized carbons (Fsp3) is 0.286. The van der Waals surface area contributed by atoms with Crippen LogP contribution in [0.5, 0.6) is 0 Å². The topological polar surface area (TPSA) is 34.9 Å². The molecule has 1 heterocycles. The standard InChI is InChI=1S/C14H15ClN2O/c1-4-13(18)11-5-7-12(8-6-11)17-10(3)14(15)9(2)16-17/h5-8H,4H2,1-3H3. The smallest absolute Gasteiger partial charge is 0.162 e. The van der Waals surface area contributed by atoms with Crippen molar-refractivity contribution < 1.29 is 4.79 Å². The molecule has 18 heavy (non-hydrogen) atoms. The Bertz CT molecular complexity index is 585. The van der Waals surface area contributed by atoms with E-state index in [9.17, 15) is 4.79 Å². The van der Waals surface area contributed by atoms with E-state index in [-0.39, 0.29) is 5.78 Å². The fourth-order valence-corrected chi connectivity index (χ4v) is 1.99. The van der Waals surface area contributed by atoms with Crippen molar-refractivity contribution in [3.63, 3.8) is 0 Å². The fourth-order valence-electron chi connectivity index (χ4n) is 1.87. The van der Waals surface area contributed by atoms with Gasteiger partial charge >= 0.3 is 0 Å². The van der Waals surface area contributed by atoms with Crippen LogP contribution in [0.25, 0.3) is 5.69 Å². The zero-order valence-corrected chi connectivity index (χ0v) is 11.5. The van der Waals surface area contributed by atoms with Gasteiger partial charge in [-0.1, -0.05) is 18.5 Å². The van der Waals surface area contributed by atoms with Crippen molar-refractivity contribution in [2.45, 2.75) is 27.2 Å². The number of carbonyl (C=O) groups excluding carboxylic acids is 1. The maximum absolute atomic E-state index is 11.5. The maximum Gasteiger partial charge on any atom is 0.162 e. The Labute approximate surface area is 111 Å². The van der Waals surface area contributed by atoms with E-state index in [4.69, 9.17) is 11.6 Å². The molecule has 1 aromatic heterocycles. The van der Waals surface area contributed by atoms with Crippen LogP contribution in [0.3, 0.4) is 0 Å². The summed E-state index contributed by atoms with van der Waals surface area (Å²) in [6.45, 7) is 5.66. The first-order valence-corrected chi connectivity index (χ1v) is 6.27.